The SMILES string of the molecule is Cn1c(=O)n(CC2CCC(c3nnc(C(F)(F)F)o3)C=N2)c2cc(F)c(N3CCN(Cc4cccnc4)CC3)cc21. The highest BCUT2D eigenvalue weighted by Crippen LogP contribution is 2.32. The molecule has 4 aromatic rings. The van der Waals surface area contributed by atoms with Crippen molar-refractivity contribution in [3.63, 3.8) is 0 Å². The zero-order valence-electron chi connectivity index (χ0n) is 22.3. The zero-order chi connectivity index (χ0) is 28.7. The Bertz CT molecular complexity index is 1620. The number of imidazole rings is 1. The third kappa shape index (κ3) is 5.47. The molecule has 2 unspecified atom stereocenters. The Labute approximate surface area is 231 Å². The third-order valence-corrected chi connectivity index (χ3v) is 7.74. The summed E-state index contributed by atoms with van der Waals surface area (Å²) in [5.74, 6) is -2.47. The third-order valence-electron chi connectivity index (χ3n) is 7.74. The van der Waals surface area contributed by atoms with E-state index in [1.807, 2.05) is 23.2 Å². The van der Waals surface area contributed by atoms with Crippen LogP contribution in [-0.2, 0) is 26.3 Å². The lowest BCUT2D eigenvalue weighted by atomic mass is 9.97. The van der Waals surface area contributed by atoms with Gasteiger partial charge in [-0.05, 0) is 30.5 Å². The fourth-order valence-corrected chi connectivity index (χ4v) is 5.51. The van der Waals surface area contributed by atoms with Crippen molar-refractivity contribution in [2.45, 2.75) is 44.1 Å². The molecule has 1 aromatic carbocycles. The molecule has 0 N–H and O–H groups in total. The van der Waals surface area contributed by atoms with Gasteiger partial charge in [-0.25, -0.2) is 9.18 Å². The van der Waals surface area contributed by atoms with Crippen molar-refractivity contribution in [1.29, 1.82) is 0 Å². The molecule has 0 amide bonds. The summed E-state index contributed by atoms with van der Waals surface area (Å²) in [5.41, 5.74) is 2.39. The number of hydrogen-bond acceptors (Lipinski definition) is 8. The molecule has 41 heavy (non-hydrogen) atoms. The molecule has 216 valence electrons. The van der Waals surface area contributed by atoms with Crippen LogP contribution in [0.2, 0.25) is 0 Å². The van der Waals surface area contributed by atoms with Crippen LogP contribution in [0.4, 0.5) is 23.2 Å². The van der Waals surface area contributed by atoms with Crippen LogP contribution < -0.4 is 10.6 Å². The molecule has 6 rings (SSSR count). The first-order chi connectivity index (χ1) is 19.7. The van der Waals surface area contributed by atoms with Crippen molar-refractivity contribution in [3.8, 4) is 0 Å². The van der Waals surface area contributed by atoms with Gasteiger partial charge in [0.25, 0.3) is 0 Å². The molecule has 14 heteroatoms. The summed E-state index contributed by atoms with van der Waals surface area (Å²) in [6.45, 7) is 3.85. The molecule has 2 aliphatic rings. The van der Waals surface area contributed by atoms with Crippen molar-refractivity contribution in [2.75, 3.05) is 31.1 Å². The van der Waals surface area contributed by atoms with Crippen LogP contribution >= 0.6 is 0 Å². The summed E-state index contributed by atoms with van der Waals surface area (Å²) in [5, 5.41) is 6.59. The van der Waals surface area contributed by atoms with Crippen molar-refractivity contribution in [1.82, 2.24) is 29.2 Å². The number of pyridine rings is 1. The minimum absolute atomic E-state index is 0.144. The lowest BCUT2D eigenvalue weighted by Crippen LogP contribution is -2.46. The fourth-order valence-electron chi connectivity index (χ4n) is 5.51. The molecule has 3 aromatic heterocycles. The van der Waals surface area contributed by atoms with Gasteiger partial charge in [-0.1, -0.05) is 6.07 Å². The van der Waals surface area contributed by atoms with Gasteiger partial charge < -0.3 is 9.32 Å². The Kier molecular flexibility index (Phi) is 7.09. The first-order valence-corrected chi connectivity index (χ1v) is 13.4. The Morgan fingerprint density at radius 2 is 1.88 bits per heavy atom. The predicted molar refractivity (Wildman–Crippen MR) is 142 cm³/mol. The number of hydrogen-bond donors (Lipinski definition) is 0. The number of alkyl halides is 3. The normalized spacial score (nSPS) is 20.3. The molecule has 1 fully saturated rings. The highest BCUT2D eigenvalue weighted by atomic mass is 19.4. The summed E-state index contributed by atoms with van der Waals surface area (Å²) < 4.78 is 61.6. The first-order valence-electron chi connectivity index (χ1n) is 13.4. The number of aryl methyl sites for hydroxylation is 1. The van der Waals surface area contributed by atoms with E-state index in [0.29, 0.717) is 42.7 Å². The Morgan fingerprint density at radius 1 is 1.07 bits per heavy atom. The number of benzene rings is 1. The molecule has 1 saturated heterocycles. The summed E-state index contributed by atoms with van der Waals surface area (Å²) in [4.78, 5) is 26.1. The van der Waals surface area contributed by atoms with E-state index in [1.54, 1.807) is 19.3 Å². The standard InChI is InChI=1S/C27H28F4N8O2/c1-36-22-12-21(38-9-7-37(8-10-38)15-17-3-2-6-32-13-17)20(28)11-23(22)39(26(36)40)16-19-5-4-18(14-33-19)24-34-35-25(41-24)27(29,30)31/h2-3,6,11-14,18-19H,4-5,7-10,15-16H2,1H3. The Balaban J connectivity index is 1.16. The van der Waals surface area contributed by atoms with E-state index in [4.69, 9.17) is 4.42 Å². The maximum absolute atomic E-state index is 15.5. The highest BCUT2D eigenvalue weighted by molar-refractivity contribution is 5.81. The quantitative estimate of drug-likeness (QED) is 0.326. The van der Waals surface area contributed by atoms with Crippen LogP contribution in [0, 0.1) is 5.82 Å². The molecule has 5 heterocycles. The van der Waals surface area contributed by atoms with Gasteiger partial charge in [0, 0.05) is 64.4 Å². The molecular formula is C27H28F4N8O2. The molecule has 0 aliphatic carbocycles. The molecule has 2 aliphatic heterocycles. The van der Waals surface area contributed by atoms with Gasteiger partial charge in [0.05, 0.1) is 35.2 Å². The lowest BCUT2D eigenvalue weighted by molar-refractivity contribution is -0.157. The van der Waals surface area contributed by atoms with E-state index in [-0.39, 0.29) is 24.2 Å². The largest absolute Gasteiger partial charge is 0.470 e. The van der Waals surface area contributed by atoms with Gasteiger partial charge in [-0.15, -0.1) is 10.2 Å². The summed E-state index contributed by atoms with van der Waals surface area (Å²) in [6, 6.07) is 6.77. The van der Waals surface area contributed by atoms with Crippen molar-refractivity contribution < 1.29 is 22.0 Å². The van der Waals surface area contributed by atoms with Crippen LogP contribution in [0.1, 0.15) is 36.1 Å². The smallest absolute Gasteiger partial charge is 0.417 e. The maximum atomic E-state index is 15.5. The second-order valence-corrected chi connectivity index (χ2v) is 10.4. The Hall–Kier alpha value is -4.07. The number of anilines is 1. The van der Waals surface area contributed by atoms with Gasteiger partial charge in [0.15, 0.2) is 0 Å². The van der Waals surface area contributed by atoms with E-state index in [9.17, 15) is 18.0 Å². The van der Waals surface area contributed by atoms with E-state index < -0.39 is 23.8 Å². The van der Waals surface area contributed by atoms with Crippen LogP contribution in [0.3, 0.4) is 0 Å². The highest BCUT2D eigenvalue weighted by Gasteiger charge is 2.39. The maximum Gasteiger partial charge on any atom is 0.470 e. The van der Waals surface area contributed by atoms with E-state index in [0.717, 1.165) is 25.2 Å². The van der Waals surface area contributed by atoms with Gasteiger partial charge in [0.1, 0.15) is 5.82 Å². The molecule has 10 nitrogen and oxygen atoms in total. The number of fused-ring (bicyclic) bond motifs is 1. The molecule has 0 bridgehead atoms. The average Bonchev–Trinajstić information content (AvgIpc) is 3.55. The number of nitrogens with zero attached hydrogens (tertiary/aromatic N) is 8. The Morgan fingerprint density at radius 3 is 2.54 bits per heavy atom. The van der Waals surface area contributed by atoms with E-state index in [1.165, 1.54) is 21.4 Å². The van der Waals surface area contributed by atoms with Crippen molar-refractivity contribution >= 4 is 22.9 Å². The second kappa shape index (κ2) is 10.7. The summed E-state index contributed by atoms with van der Waals surface area (Å²) in [6.07, 6.45) is 1.29. The van der Waals surface area contributed by atoms with E-state index in [2.05, 4.69) is 25.1 Å². The van der Waals surface area contributed by atoms with Crippen LogP contribution in [0.25, 0.3) is 11.0 Å². The number of rotatable bonds is 6. The van der Waals surface area contributed by atoms with Crippen LogP contribution in [0.15, 0.2) is 50.9 Å². The first kappa shape index (κ1) is 27.1. The van der Waals surface area contributed by atoms with Crippen LogP contribution in [-0.4, -0.2) is 67.7 Å². The minimum Gasteiger partial charge on any atom is -0.417 e. The van der Waals surface area contributed by atoms with Gasteiger partial charge in [-0.3, -0.25) is 24.0 Å². The lowest BCUT2D eigenvalue weighted by Gasteiger charge is -2.36. The zero-order valence-corrected chi connectivity index (χ0v) is 22.3. The molecular weight excluding hydrogens is 544 g/mol. The molecule has 2 atom stereocenters. The van der Waals surface area contributed by atoms with Gasteiger partial charge in [-0.2, -0.15) is 13.2 Å². The summed E-state index contributed by atoms with van der Waals surface area (Å²) >= 11 is 0. The number of aromatic nitrogens is 5. The number of aliphatic imine (C=N–C) groups is 1. The van der Waals surface area contributed by atoms with Crippen molar-refractivity contribution in [3.05, 3.63) is 70.3 Å². The second-order valence-electron chi connectivity index (χ2n) is 10.4. The average molecular weight is 573 g/mol. The minimum atomic E-state index is -4.71. The molecule has 0 spiro atoms. The fraction of sp³-hybridized carbons (Fsp3) is 0.444. The van der Waals surface area contributed by atoms with Gasteiger partial charge in [0.2, 0.25) is 5.89 Å². The number of halogens is 4. The summed E-state index contributed by atoms with van der Waals surface area (Å²) in [7, 11) is 1.66. The van der Waals surface area contributed by atoms with Gasteiger partial charge >= 0.3 is 17.8 Å². The van der Waals surface area contributed by atoms with E-state index >= 15 is 4.39 Å². The number of piperazine rings is 1. The predicted octanol–water partition coefficient (Wildman–Crippen LogP) is 3.62. The van der Waals surface area contributed by atoms with Crippen LogP contribution in [0.5, 0.6) is 0 Å². The monoisotopic (exact) mass is 572 g/mol. The molecule has 0 saturated carbocycles. The van der Waals surface area contributed by atoms with Crippen molar-refractivity contribution in [2.24, 2.45) is 12.0 Å². The molecule has 0 radical (unpaired) electrons. The topological polar surface area (TPSA) is 97.6 Å².